The molecule has 0 saturated heterocycles. The van der Waals surface area contributed by atoms with Crippen molar-refractivity contribution in [1.29, 1.82) is 0 Å². The molecule has 0 spiro atoms. The van der Waals surface area contributed by atoms with Crippen LogP contribution in [0.2, 0.25) is 0 Å². The van der Waals surface area contributed by atoms with Crippen molar-refractivity contribution in [3.05, 3.63) is 29.8 Å². The maximum Gasteiger partial charge on any atom is 0.338 e. The number of benzene rings is 1. The fraction of sp³-hybridized carbons (Fsp3) is 0.562. The lowest BCUT2D eigenvalue weighted by molar-refractivity contribution is 0.0319. The van der Waals surface area contributed by atoms with Crippen molar-refractivity contribution in [3.63, 3.8) is 0 Å². The van der Waals surface area contributed by atoms with Crippen molar-refractivity contribution in [2.75, 3.05) is 12.4 Å². The number of hydrogen-bond acceptors (Lipinski definition) is 3. The second-order valence-corrected chi connectivity index (χ2v) is 4.89. The fourth-order valence-corrected chi connectivity index (χ4v) is 1.94. The lowest BCUT2D eigenvalue weighted by Crippen LogP contribution is -2.15. The molecular formula is C16H25NO2. The number of carbonyl (C=O) groups excluding carboxylic acids is 1. The van der Waals surface area contributed by atoms with Gasteiger partial charge in [0.05, 0.1) is 11.7 Å². The highest BCUT2D eigenvalue weighted by atomic mass is 16.5. The van der Waals surface area contributed by atoms with Crippen LogP contribution in [-0.4, -0.2) is 19.1 Å². The first kappa shape index (κ1) is 15.5. The maximum absolute atomic E-state index is 11.9. The van der Waals surface area contributed by atoms with Gasteiger partial charge < -0.3 is 10.1 Å². The SMILES string of the molecule is CCCCCCC(C)OC(=O)c1ccc(NC)cc1. The third kappa shape index (κ3) is 5.77. The number of nitrogens with one attached hydrogen (secondary N) is 1. The summed E-state index contributed by atoms with van der Waals surface area (Å²) in [5.41, 5.74) is 1.60. The van der Waals surface area contributed by atoms with Crippen LogP contribution >= 0.6 is 0 Å². The molecule has 0 saturated carbocycles. The van der Waals surface area contributed by atoms with Crippen LogP contribution in [0.3, 0.4) is 0 Å². The second kappa shape index (κ2) is 8.57. The van der Waals surface area contributed by atoms with Crippen LogP contribution in [0.25, 0.3) is 0 Å². The molecule has 1 N–H and O–H groups in total. The molecule has 1 aromatic rings. The first-order chi connectivity index (χ1) is 9.17. The predicted molar refractivity (Wildman–Crippen MR) is 79.6 cm³/mol. The van der Waals surface area contributed by atoms with Gasteiger partial charge >= 0.3 is 5.97 Å². The highest BCUT2D eigenvalue weighted by molar-refractivity contribution is 5.89. The molecule has 1 aromatic carbocycles. The molecule has 1 unspecified atom stereocenters. The van der Waals surface area contributed by atoms with Gasteiger partial charge in [-0.3, -0.25) is 0 Å². The summed E-state index contributed by atoms with van der Waals surface area (Å²) in [6.45, 7) is 4.16. The summed E-state index contributed by atoms with van der Waals surface area (Å²) >= 11 is 0. The van der Waals surface area contributed by atoms with Crippen LogP contribution in [-0.2, 0) is 4.74 Å². The maximum atomic E-state index is 11.9. The number of carbonyl (C=O) groups is 1. The summed E-state index contributed by atoms with van der Waals surface area (Å²) in [5.74, 6) is -0.231. The van der Waals surface area contributed by atoms with Crippen LogP contribution in [0.15, 0.2) is 24.3 Å². The van der Waals surface area contributed by atoms with E-state index in [-0.39, 0.29) is 12.1 Å². The molecule has 0 aliphatic rings. The number of rotatable bonds is 8. The highest BCUT2D eigenvalue weighted by Gasteiger charge is 2.11. The Morgan fingerprint density at radius 3 is 2.47 bits per heavy atom. The summed E-state index contributed by atoms with van der Waals surface area (Å²) in [6.07, 6.45) is 5.77. The monoisotopic (exact) mass is 263 g/mol. The van der Waals surface area contributed by atoms with Crippen LogP contribution in [0.1, 0.15) is 56.3 Å². The first-order valence-corrected chi connectivity index (χ1v) is 7.16. The minimum absolute atomic E-state index is 0.00617. The number of unbranched alkanes of at least 4 members (excludes halogenated alkanes) is 3. The summed E-state index contributed by atoms with van der Waals surface area (Å²) in [7, 11) is 1.85. The molecule has 0 aliphatic heterocycles. The van der Waals surface area contributed by atoms with Crippen molar-refractivity contribution in [2.24, 2.45) is 0 Å². The molecule has 0 aliphatic carbocycles. The van der Waals surface area contributed by atoms with Gasteiger partial charge in [-0.2, -0.15) is 0 Å². The molecule has 1 rings (SSSR count). The Balaban J connectivity index is 2.36. The van der Waals surface area contributed by atoms with Crippen molar-refractivity contribution >= 4 is 11.7 Å². The normalized spacial score (nSPS) is 11.9. The van der Waals surface area contributed by atoms with Crippen molar-refractivity contribution in [1.82, 2.24) is 0 Å². The largest absolute Gasteiger partial charge is 0.459 e. The van der Waals surface area contributed by atoms with Crippen molar-refractivity contribution in [2.45, 2.75) is 52.1 Å². The van der Waals surface area contributed by atoms with Crippen LogP contribution in [0.5, 0.6) is 0 Å². The van der Waals surface area contributed by atoms with E-state index in [1.165, 1.54) is 19.3 Å². The molecule has 0 amide bonds. The third-order valence-corrected chi connectivity index (χ3v) is 3.18. The smallest absolute Gasteiger partial charge is 0.338 e. The van der Waals surface area contributed by atoms with Crippen molar-refractivity contribution < 1.29 is 9.53 Å². The van der Waals surface area contributed by atoms with E-state index in [9.17, 15) is 4.79 Å². The molecule has 1 atom stereocenters. The summed E-state index contributed by atoms with van der Waals surface area (Å²) in [4.78, 5) is 11.9. The summed E-state index contributed by atoms with van der Waals surface area (Å²) in [6, 6.07) is 7.33. The van der Waals surface area contributed by atoms with Gasteiger partial charge in [0.15, 0.2) is 0 Å². The van der Waals surface area contributed by atoms with Gasteiger partial charge in [-0.1, -0.05) is 26.2 Å². The van der Waals surface area contributed by atoms with Crippen LogP contribution in [0, 0.1) is 0 Å². The molecular weight excluding hydrogens is 238 g/mol. The van der Waals surface area contributed by atoms with E-state index in [0.29, 0.717) is 5.56 Å². The van der Waals surface area contributed by atoms with Crippen LogP contribution < -0.4 is 5.32 Å². The van der Waals surface area contributed by atoms with Gasteiger partial charge in [-0.25, -0.2) is 4.79 Å². The van der Waals surface area contributed by atoms with Crippen LogP contribution in [0.4, 0.5) is 5.69 Å². The Morgan fingerprint density at radius 2 is 1.89 bits per heavy atom. The van der Waals surface area contributed by atoms with E-state index in [0.717, 1.165) is 18.5 Å². The molecule has 0 fully saturated rings. The average Bonchev–Trinajstić information content (AvgIpc) is 2.43. The Hall–Kier alpha value is -1.51. The number of esters is 1. The summed E-state index contributed by atoms with van der Waals surface area (Å²) < 4.78 is 5.43. The Labute approximate surface area is 116 Å². The average molecular weight is 263 g/mol. The second-order valence-electron chi connectivity index (χ2n) is 4.89. The molecule has 0 heterocycles. The third-order valence-electron chi connectivity index (χ3n) is 3.18. The number of ether oxygens (including phenoxy) is 1. The first-order valence-electron chi connectivity index (χ1n) is 7.16. The Morgan fingerprint density at radius 1 is 1.21 bits per heavy atom. The van der Waals surface area contributed by atoms with E-state index < -0.39 is 0 Å². The zero-order valence-corrected chi connectivity index (χ0v) is 12.2. The van der Waals surface area contributed by atoms with Gasteiger partial charge in [0.1, 0.15) is 0 Å². The van der Waals surface area contributed by atoms with E-state index in [2.05, 4.69) is 12.2 Å². The van der Waals surface area contributed by atoms with Gasteiger partial charge in [0.2, 0.25) is 0 Å². The van der Waals surface area contributed by atoms with E-state index >= 15 is 0 Å². The van der Waals surface area contributed by atoms with E-state index in [4.69, 9.17) is 4.74 Å². The molecule has 0 radical (unpaired) electrons. The topological polar surface area (TPSA) is 38.3 Å². The van der Waals surface area contributed by atoms with E-state index in [1.54, 1.807) is 12.1 Å². The zero-order chi connectivity index (χ0) is 14.1. The Bertz CT molecular complexity index is 373. The van der Waals surface area contributed by atoms with Gasteiger partial charge in [-0.15, -0.1) is 0 Å². The standard InChI is InChI=1S/C16H25NO2/c1-4-5-6-7-8-13(2)19-16(18)14-9-11-15(17-3)12-10-14/h9-13,17H,4-8H2,1-3H3. The van der Waals surface area contributed by atoms with Crippen molar-refractivity contribution in [3.8, 4) is 0 Å². The predicted octanol–water partition coefficient (Wildman–Crippen LogP) is 4.24. The van der Waals surface area contributed by atoms with Gasteiger partial charge in [-0.05, 0) is 44.0 Å². The molecule has 19 heavy (non-hydrogen) atoms. The lowest BCUT2D eigenvalue weighted by atomic mass is 10.1. The lowest BCUT2D eigenvalue weighted by Gasteiger charge is -2.13. The fourth-order valence-electron chi connectivity index (χ4n) is 1.94. The molecule has 3 heteroatoms. The minimum Gasteiger partial charge on any atom is -0.459 e. The summed E-state index contributed by atoms with van der Waals surface area (Å²) in [5, 5.41) is 3.02. The molecule has 0 aromatic heterocycles. The van der Waals surface area contributed by atoms with E-state index in [1.807, 2.05) is 26.1 Å². The minimum atomic E-state index is -0.231. The number of hydrogen-bond donors (Lipinski definition) is 1. The van der Waals surface area contributed by atoms with Gasteiger partial charge in [0, 0.05) is 12.7 Å². The molecule has 3 nitrogen and oxygen atoms in total. The van der Waals surface area contributed by atoms with Gasteiger partial charge in [0.25, 0.3) is 0 Å². The quantitative estimate of drug-likeness (QED) is 0.563. The number of anilines is 1. The molecule has 0 bridgehead atoms. The highest BCUT2D eigenvalue weighted by Crippen LogP contribution is 2.13. The Kier molecular flexibility index (Phi) is 7.01. The molecule has 106 valence electrons. The zero-order valence-electron chi connectivity index (χ0n) is 12.2.